The predicted octanol–water partition coefficient (Wildman–Crippen LogP) is 5.80. The van der Waals surface area contributed by atoms with Crippen molar-refractivity contribution in [2.45, 2.75) is 13.1 Å². The number of fused-ring (bicyclic) bond motifs is 1. The van der Waals surface area contributed by atoms with Crippen molar-refractivity contribution in [3.05, 3.63) is 89.3 Å². The topological polar surface area (TPSA) is 84.2 Å². The van der Waals surface area contributed by atoms with Crippen molar-refractivity contribution in [1.29, 1.82) is 0 Å². The molecule has 168 valence electrons. The fourth-order valence-corrected chi connectivity index (χ4v) is 3.22. The molecule has 0 unspecified atom stereocenters. The highest BCUT2D eigenvalue weighted by Gasteiger charge is 2.34. The number of hydrogen-bond acceptors (Lipinski definition) is 4. The lowest BCUT2D eigenvalue weighted by Gasteiger charge is -2.16. The standard InChI is InChI=1S/C23H15F4N3O3/c1-12-16(9-13-4-5-14(24)10-19(13)28-12)21(31)30-18-7-6-15(11-17(18)23(25,26)27)29-22(32)20-3-2-8-33-20/h2-11H,1H3,(H,29,32)(H,30,31). The van der Waals surface area contributed by atoms with Crippen LogP contribution in [0.4, 0.5) is 28.9 Å². The summed E-state index contributed by atoms with van der Waals surface area (Å²) in [6.45, 7) is 1.50. The van der Waals surface area contributed by atoms with E-state index in [1.165, 1.54) is 55.7 Å². The molecule has 2 N–H and O–H groups in total. The summed E-state index contributed by atoms with van der Waals surface area (Å²) >= 11 is 0. The monoisotopic (exact) mass is 457 g/mol. The van der Waals surface area contributed by atoms with Crippen LogP contribution in [-0.2, 0) is 6.18 Å². The molecule has 0 saturated heterocycles. The summed E-state index contributed by atoms with van der Waals surface area (Å²) in [6.07, 6.45) is -3.56. The van der Waals surface area contributed by atoms with Crippen molar-refractivity contribution >= 4 is 34.1 Å². The number of nitrogens with one attached hydrogen (secondary N) is 2. The van der Waals surface area contributed by atoms with Crippen LogP contribution < -0.4 is 10.6 Å². The summed E-state index contributed by atoms with van der Waals surface area (Å²) in [7, 11) is 0. The van der Waals surface area contributed by atoms with E-state index in [1.807, 2.05) is 0 Å². The summed E-state index contributed by atoms with van der Waals surface area (Å²) in [4.78, 5) is 29.0. The van der Waals surface area contributed by atoms with E-state index in [-0.39, 0.29) is 22.7 Å². The van der Waals surface area contributed by atoms with Crippen LogP contribution in [0.1, 0.15) is 32.2 Å². The minimum absolute atomic E-state index is 0.0393. The fourth-order valence-electron chi connectivity index (χ4n) is 3.22. The first-order valence-electron chi connectivity index (χ1n) is 9.56. The van der Waals surface area contributed by atoms with Gasteiger partial charge in [-0.25, -0.2) is 4.39 Å². The summed E-state index contributed by atoms with van der Waals surface area (Å²) < 4.78 is 59.4. The van der Waals surface area contributed by atoms with Crippen molar-refractivity contribution in [3.8, 4) is 0 Å². The molecule has 2 amide bonds. The minimum atomic E-state index is -4.82. The quantitative estimate of drug-likeness (QED) is 0.380. The fraction of sp³-hybridized carbons (Fsp3) is 0.0870. The number of halogens is 4. The molecule has 4 rings (SSSR count). The number of carbonyl (C=O) groups is 2. The van der Waals surface area contributed by atoms with Gasteiger partial charge in [-0.2, -0.15) is 13.2 Å². The Balaban J connectivity index is 1.64. The van der Waals surface area contributed by atoms with Gasteiger partial charge in [0.15, 0.2) is 5.76 Å². The SMILES string of the molecule is Cc1nc2cc(F)ccc2cc1C(=O)Nc1ccc(NC(=O)c2ccco2)cc1C(F)(F)F. The minimum Gasteiger partial charge on any atom is -0.459 e. The van der Waals surface area contributed by atoms with Gasteiger partial charge in [0.2, 0.25) is 0 Å². The first-order valence-corrected chi connectivity index (χ1v) is 9.56. The molecule has 2 heterocycles. The highest BCUT2D eigenvalue weighted by molar-refractivity contribution is 6.07. The number of rotatable bonds is 4. The Labute approximate surface area is 184 Å². The number of alkyl halides is 3. The van der Waals surface area contributed by atoms with E-state index in [9.17, 15) is 27.2 Å². The molecule has 0 spiro atoms. The predicted molar refractivity (Wildman–Crippen MR) is 112 cm³/mol. The zero-order valence-electron chi connectivity index (χ0n) is 17.0. The lowest BCUT2D eigenvalue weighted by Crippen LogP contribution is -2.19. The molecule has 4 aromatic rings. The average molecular weight is 457 g/mol. The van der Waals surface area contributed by atoms with E-state index in [2.05, 4.69) is 15.6 Å². The Morgan fingerprint density at radius 1 is 0.970 bits per heavy atom. The zero-order chi connectivity index (χ0) is 23.8. The van der Waals surface area contributed by atoms with Crippen molar-refractivity contribution in [1.82, 2.24) is 4.98 Å². The Morgan fingerprint density at radius 2 is 1.76 bits per heavy atom. The molecule has 0 aliphatic rings. The van der Waals surface area contributed by atoms with Gasteiger partial charge >= 0.3 is 6.18 Å². The smallest absolute Gasteiger partial charge is 0.418 e. The number of aromatic nitrogens is 1. The normalized spacial score (nSPS) is 11.4. The third kappa shape index (κ3) is 4.69. The van der Waals surface area contributed by atoms with E-state index >= 15 is 0 Å². The Kier molecular flexibility index (Phi) is 5.59. The molecule has 6 nitrogen and oxygen atoms in total. The van der Waals surface area contributed by atoms with Crippen LogP contribution in [0.25, 0.3) is 10.9 Å². The van der Waals surface area contributed by atoms with Crippen molar-refractivity contribution < 1.29 is 31.6 Å². The first kappa shape index (κ1) is 22.0. The number of hydrogen-bond donors (Lipinski definition) is 2. The molecular formula is C23H15F4N3O3. The van der Waals surface area contributed by atoms with Crippen molar-refractivity contribution in [2.75, 3.05) is 10.6 Å². The zero-order valence-corrected chi connectivity index (χ0v) is 17.0. The van der Waals surface area contributed by atoms with Crippen molar-refractivity contribution in [2.24, 2.45) is 0 Å². The maximum atomic E-state index is 13.7. The third-order valence-electron chi connectivity index (χ3n) is 4.79. The number of benzene rings is 2. The second kappa shape index (κ2) is 8.38. The highest BCUT2D eigenvalue weighted by atomic mass is 19.4. The molecule has 0 aliphatic heterocycles. The number of pyridine rings is 1. The van der Waals surface area contributed by atoms with Gasteiger partial charge in [0.05, 0.1) is 34.3 Å². The molecule has 10 heteroatoms. The largest absolute Gasteiger partial charge is 0.459 e. The second-order valence-corrected chi connectivity index (χ2v) is 7.10. The number of furan rings is 1. The number of amides is 2. The molecule has 0 fully saturated rings. The van der Waals surface area contributed by atoms with Crippen LogP contribution in [0.3, 0.4) is 0 Å². The number of anilines is 2. The number of nitrogens with zero attached hydrogens (tertiary/aromatic N) is 1. The van der Waals surface area contributed by atoms with E-state index < -0.39 is 35.1 Å². The van der Waals surface area contributed by atoms with Gasteiger partial charge in [-0.1, -0.05) is 0 Å². The van der Waals surface area contributed by atoms with Gasteiger partial charge in [0, 0.05) is 17.1 Å². The Morgan fingerprint density at radius 3 is 2.45 bits per heavy atom. The second-order valence-electron chi connectivity index (χ2n) is 7.10. The van der Waals surface area contributed by atoms with Gasteiger partial charge < -0.3 is 15.1 Å². The number of carbonyl (C=O) groups excluding carboxylic acids is 2. The maximum Gasteiger partial charge on any atom is 0.418 e. The molecule has 0 radical (unpaired) electrons. The molecule has 2 aromatic heterocycles. The molecule has 0 aliphatic carbocycles. The molecular weight excluding hydrogens is 442 g/mol. The van der Waals surface area contributed by atoms with Gasteiger partial charge in [-0.3, -0.25) is 14.6 Å². The van der Waals surface area contributed by atoms with Crippen LogP contribution in [0.15, 0.2) is 65.3 Å². The van der Waals surface area contributed by atoms with Crippen LogP contribution in [0.5, 0.6) is 0 Å². The molecule has 0 saturated carbocycles. The average Bonchev–Trinajstić information content (AvgIpc) is 3.28. The highest BCUT2D eigenvalue weighted by Crippen LogP contribution is 2.37. The van der Waals surface area contributed by atoms with E-state index in [4.69, 9.17) is 4.42 Å². The lowest BCUT2D eigenvalue weighted by atomic mass is 10.1. The van der Waals surface area contributed by atoms with E-state index in [0.717, 1.165) is 6.07 Å². The summed E-state index contributed by atoms with van der Waals surface area (Å²) in [5.41, 5.74) is -1.20. The number of aryl methyl sites for hydroxylation is 1. The summed E-state index contributed by atoms with van der Waals surface area (Å²) in [5, 5.41) is 5.03. The molecule has 0 atom stereocenters. The molecule has 33 heavy (non-hydrogen) atoms. The van der Waals surface area contributed by atoms with Gasteiger partial charge in [-0.05, 0) is 55.5 Å². The van der Waals surface area contributed by atoms with E-state index in [0.29, 0.717) is 17.0 Å². The van der Waals surface area contributed by atoms with Crippen molar-refractivity contribution in [3.63, 3.8) is 0 Å². The Hall–Kier alpha value is -4.21. The lowest BCUT2D eigenvalue weighted by molar-refractivity contribution is -0.136. The van der Waals surface area contributed by atoms with Gasteiger partial charge in [-0.15, -0.1) is 0 Å². The van der Waals surface area contributed by atoms with Crippen LogP contribution in [-0.4, -0.2) is 16.8 Å². The molecule has 0 bridgehead atoms. The Bertz CT molecular complexity index is 1370. The van der Waals surface area contributed by atoms with Crippen LogP contribution in [0, 0.1) is 12.7 Å². The van der Waals surface area contributed by atoms with Gasteiger partial charge in [0.25, 0.3) is 11.8 Å². The maximum absolute atomic E-state index is 13.7. The molecule has 2 aromatic carbocycles. The summed E-state index contributed by atoms with van der Waals surface area (Å²) in [5.74, 6) is -2.11. The summed E-state index contributed by atoms with van der Waals surface area (Å²) in [6, 6.07) is 11.0. The van der Waals surface area contributed by atoms with Crippen LogP contribution >= 0.6 is 0 Å². The van der Waals surface area contributed by atoms with E-state index in [1.54, 1.807) is 0 Å². The van der Waals surface area contributed by atoms with Crippen LogP contribution in [0.2, 0.25) is 0 Å². The van der Waals surface area contributed by atoms with Gasteiger partial charge in [0.1, 0.15) is 5.82 Å². The third-order valence-corrected chi connectivity index (χ3v) is 4.79. The first-order chi connectivity index (χ1) is 15.6.